The van der Waals surface area contributed by atoms with E-state index < -0.39 is 50.9 Å². The Morgan fingerprint density at radius 3 is 2.03 bits per heavy atom. The lowest BCUT2D eigenvalue weighted by molar-refractivity contribution is -0.171. The summed E-state index contributed by atoms with van der Waals surface area (Å²) in [6, 6.07) is 13.0. The van der Waals surface area contributed by atoms with E-state index in [1.807, 2.05) is 0 Å². The Balaban J connectivity index is 1.60. The highest BCUT2D eigenvalue weighted by molar-refractivity contribution is 7.49. The number of aliphatic hydroxyl groups is 1. The van der Waals surface area contributed by atoms with Crippen molar-refractivity contribution in [2.75, 3.05) is 26.6 Å². The van der Waals surface area contributed by atoms with Crippen LogP contribution in [0.15, 0.2) is 65.6 Å². The van der Waals surface area contributed by atoms with E-state index in [0.29, 0.717) is 11.5 Å². The number of aromatic nitrogens is 2. The number of aliphatic hydroxyl groups excluding tert-OH is 1. The Kier molecular flexibility index (Phi) is 8.40. The van der Waals surface area contributed by atoms with E-state index >= 15 is 0 Å². The van der Waals surface area contributed by atoms with Gasteiger partial charge < -0.3 is 34.1 Å². The number of nitrogens with zero attached hydrogens (tertiary/aromatic N) is 2. The number of nitrogens with two attached hydrogens (primary N) is 1. The van der Waals surface area contributed by atoms with Crippen LogP contribution in [0.25, 0.3) is 0 Å². The van der Waals surface area contributed by atoms with Crippen LogP contribution in [0.4, 0.5) is 14.6 Å². The van der Waals surface area contributed by atoms with E-state index in [2.05, 4.69) is 4.98 Å². The smallest absolute Gasteiger partial charge is 0.497 e. The number of hydrogen-bond donors (Lipinski definition) is 2. The van der Waals surface area contributed by atoms with Gasteiger partial charge in [0.2, 0.25) is 0 Å². The van der Waals surface area contributed by atoms with Gasteiger partial charge in [0, 0.05) is 12.6 Å². The van der Waals surface area contributed by atoms with Crippen molar-refractivity contribution in [1.29, 1.82) is 0 Å². The summed E-state index contributed by atoms with van der Waals surface area (Å²) in [5.41, 5.74) is 2.08. The van der Waals surface area contributed by atoms with E-state index in [0.717, 1.165) is 10.8 Å². The molecule has 3 unspecified atom stereocenters. The highest BCUT2D eigenvalue weighted by atomic mass is 31.2. The van der Waals surface area contributed by atoms with Crippen molar-refractivity contribution in [1.82, 2.24) is 9.55 Å². The van der Waals surface area contributed by atoms with Crippen molar-refractivity contribution < 1.29 is 46.2 Å². The fraction of sp³-hybridized carbons (Fsp3) is 0.333. The van der Waals surface area contributed by atoms with Gasteiger partial charge in [0.15, 0.2) is 11.8 Å². The maximum Gasteiger partial charge on any atom is 0.587 e. The first-order valence-electron chi connectivity index (χ1n) is 11.5. The molecule has 0 radical (unpaired) electrons. The molecular formula is C24H26F2N3O9P. The number of methoxy groups -OCH3 is 2. The molecule has 0 saturated carbocycles. The number of alkyl halides is 2. The molecule has 0 aliphatic carbocycles. The molecule has 1 fully saturated rings. The van der Waals surface area contributed by atoms with E-state index in [4.69, 9.17) is 33.5 Å². The Hall–Kier alpha value is -3.71. The standard InChI is InChI=1S/C24H26F2N3O9P/c1-33-15-3-7-17(8-4-15)37-39(32,38-18-9-5-16(34-2)6-10-18)35-14-24(22(25)26)13-19(30)21(36-24)29-12-11-20(27)28-23(29)31/h3-12,19,21-22,30H,13-14H2,1-2H3,(H2,27,28,31). The maximum absolute atomic E-state index is 14.4. The van der Waals surface area contributed by atoms with Crippen LogP contribution in [-0.4, -0.2) is 53.6 Å². The average Bonchev–Trinajstić information content (AvgIpc) is 3.26. The summed E-state index contributed by atoms with van der Waals surface area (Å²) in [7, 11) is -1.73. The summed E-state index contributed by atoms with van der Waals surface area (Å²) in [4.78, 5) is 15.7. The predicted molar refractivity (Wildman–Crippen MR) is 133 cm³/mol. The first kappa shape index (κ1) is 28.3. The summed E-state index contributed by atoms with van der Waals surface area (Å²) in [6.07, 6.45) is -5.84. The van der Waals surface area contributed by atoms with Crippen LogP contribution < -0.4 is 29.9 Å². The molecule has 0 spiro atoms. The quantitative estimate of drug-likeness (QED) is 0.327. The highest BCUT2D eigenvalue weighted by Crippen LogP contribution is 2.52. The van der Waals surface area contributed by atoms with E-state index in [9.17, 15) is 23.2 Å². The fourth-order valence-corrected chi connectivity index (χ4v) is 5.05. The van der Waals surface area contributed by atoms with Gasteiger partial charge in [0.05, 0.1) is 20.8 Å². The lowest BCUT2D eigenvalue weighted by Crippen LogP contribution is -2.42. The van der Waals surface area contributed by atoms with Gasteiger partial charge in [-0.05, 0) is 54.6 Å². The Bertz CT molecular complexity index is 1320. The Morgan fingerprint density at radius 1 is 1.05 bits per heavy atom. The second kappa shape index (κ2) is 11.6. The summed E-state index contributed by atoms with van der Waals surface area (Å²) in [6.45, 7) is -1.03. The molecule has 15 heteroatoms. The average molecular weight is 569 g/mol. The van der Waals surface area contributed by atoms with Gasteiger partial charge in [-0.15, -0.1) is 0 Å². The zero-order valence-electron chi connectivity index (χ0n) is 20.8. The third-order valence-corrected chi connectivity index (χ3v) is 7.10. The lowest BCUT2D eigenvalue weighted by Gasteiger charge is -2.29. The first-order chi connectivity index (χ1) is 18.6. The molecule has 210 valence electrons. The van der Waals surface area contributed by atoms with Crippen molar-refractivity contribution in [3.8, 4) is 23.0 Å². The van der Waals surface area contributed by atoms with Crippen molar-refractivity contribution in [2.24, 2.45) is 0 Å². The SMILES string of the molecule is COc1ccc(OP(=O)(OCC2(C(F)F)CC(O)C(n3ccc(N)nc3=O)O2)Oc2ccc(OC)cc2)cc1. The third-order valence-electron chi connectivity index (χ3n) is 5.78. The molecule has 0 bridgehead atoms. The Morgan fingerprint density at radius 2 is 1.56 bits per heavy atom. The molecule has 1 aliphatic rings. The van der Waals surface area contributed by atoms with Gasteiger partial charge in [-0.25, -0.2) is 18.1 Å². The number of nitrogen functional groups attached to an aromatic ring is 1. The fourth-order valence-electron chi connectivity index (χ4n) is 3.77. The molecule has 3 aromatic rings. The molecule has 3 atom stereocenters. The number of phosphoric acid groups is 1. The molecule has 12 nitrogen and oxygen atoms in total. The van der Waals surface area contributed by atoms with Crippen LogP contribution >= 0.6 is 7.82 Å². The number of ether oxygens (including phenoxy) is 3. The normalized spacial score (nSPS) is 21.1. The van der Waals surface area contributed by atoms with Gasteiger partial charge in [0.1, 0.15) is 34.9 Å². The minimum atomic E-state index is -4.65. The molecule has 2 heterocycles. The summed E-state index contributed by atoms with van der Waals surface area (Å²) >= 11 is 0. The van der Waals surface area contributed by atoms with Gasteiger partial charge in [-0.3, -0.25) is 9.09 Å². The molecular weight excluding hydrogens is 543 g/mol. The van der Waals surface area contributed by atoms with Crippen LogP contribution in [0.2, 0.25) is 0 Å². The first-order valence-corrected chi connectivity index (χ1v) is 12.9. The molecule has 3 N–H and O–H groups in total. The number of hydrogen-bond acceptors (Lipinski definition) is 11. The minimum Gasteiger partial charge on any atom is -0.497 e. The summed E-state index contributed by atoms with van der Waals surface area (Å²) < 4.78 is 75.4. The largest absolute Gasteiger partial charge is 0.587 e. The number of phosphoric ester groups is 1. The number of halogens is 2. The highest BCUT2D eigenvalue weighted by Gasteiger charge is 2.55. The van der Waals surface area contributed by atoms with Crippen molar-refractivity contribution in [3.05, 3.63) is 71.3 Å². The molecule has 2 aromatic carbocycles. The topological polar surface area (TPSA) is 154 Å². The minimum absolute atomic E-state index is 0.0310. The van der Waals surface area contributed by atoms with Crippen LogP contribution in [0, 0.1) is 0 Å². The van der Waals surface area contributed by atoms with Gasteiger partial charge >= 0.3 is 13.5 Å². The number of rotatable bonds is 11. The van der Waals surface area contributed by atoms with Gasteiger partial charge in [0.25, 0.3) is 6.43 Å². The van der Waals surface area contributed by atoms with Crippen molar-refractivity contribution in [2.45, 2.75) is 30.8 Å². The number of anilines is 1. The molecule has 1 aliphatic heterocycles. The molecule has 0 amide bonds. The molecule has 4 rings (SSSR count). The maximum atomic E-state index is 14.4. The van der Waals surface area contributed by atoms with E-state index in [1.54, 1.807) is 0 Å². The van der Waals surface area contributed by atoms with Crippen LogP contribution in [0.1, 0.15) is 12.6 Å². The second-order valence-electron chi connectivity index (χ2n) is 8.44. The number of benzene rings is 2. The summed E-state index contributed by atoms with van der Waals surface area (Å²) in [5.74, 6) is 0.932. The monoisotopic (exact) mass is 569 g/mol. The summed E-state index contributed by atoms with van der Waals surface area (Å²) in [5, 5.41) is 10.5. The molecule has 39 heavy (non-hydrogen) atoms. The zero-order valence-corrected chi connectivity index (χ0v) is 21.7. The molecule has 1 aromatic heterocycles. The third kappa shape index (κ3) is 6.48. The van der Waals surface area contributed by atoms with E-state index in [-0.39, 0.29) is 17.3 Å². The zero-order chi connectivity index (χ0) is 28.2. The van der Waals surface area contributed by atoms with Crippen LogP contribution in [0.3, 0.4) is 0 Å². The van der Waals surface area contributed by atoms with Gasteiger partial charge in [-0.1, -0.05) is 0 Å². The van der Waals surface area contributed by atoms with Gasteiger partial charge in [-0.2, -0.15) is 4.98 Å². The second-order valence-corrected chi connectivity index (χ2v) is 9.96. The van der Waals surface area contributed by atoms with E-state index in [1.165, 1.54) is 68.8 Å². The van der Waals surface area contributed by atoms with Crippen LogP contribution in [-0.2, 0) is 13.8 Å². The van der Waals surface area contributed by atoms with Crippen LogP contribution in [0.5, 0.6) is 23.0 Å². The van der Waals surface area contributed by atoms with Crippen molar-refractivity contribution in [3.63, 3.8) is 0 Å². The predicted octanol–water partition coefficient (Wildman–Crippen LogP) is 3.41. The van der Waals surface area contributed by atoms with Crippen molar-refractivity contribution >= 4 is 13.6 Å². The molecule has 1 saturated heterocycles. The lowest BCUT2D eigenvalue weighted by atomic mass is 10.0. The Labute approximate surface area is 221 Å².